The molecule has 0 atom stereocenters. The molecule has 0 aliphatic heterocycles. The Bertz CT molecular complexity index is 739. The zero-order chi connectivity index (χ0) is 13.2. The molecule has 0 unspecified atom stereocenters. The maximum atomic E-state index is 12.0. The number of carbonyl (C=O) groups excluding carboxylic acids is 1. The summed E-state index contributed by atoms with van der Waals surface area (Å²) >= 11 is 1.38. The number of anilines is 2. The SMILES string of the molecule is Nc1ccc(NC(=O)c2cscn2)c2cccnc12. The summed E-state index contributed by atoms with van der Waals surface area (Å²) < 4.78 is 0. The lowest BCUT2D eigenvalue weighted by Crippen LogP contribution is -2.12. The molecule has 0 spiro atoms. The molecule has 3 N–H and O–H groups in total. The first-order chi connectivity index (χ1) is 9.25. The van der Waals surface area contributed by atoms with E-state index in [0.29, 0.717) is 22.6 Å². The summed E-state index contributed by atoms with van der Waals surface area (Å²) in [5, 5.41) is 5.34. The Morgan fingerprint density at radius 3 is 2.95 bits per heavy atom. The van der Waals surface area contributed by atoms with Gasteiger partial charge < -0.3 is 11.1 Å². The van der Waals surface area contributed by atoms with Crippen molar-refractivity contribution in [2.75, 3.05) is 11.1 Å². The molecular formula is C13H10N4OS. The van der Waals surface area contributed by atoms with Gasteiger partial charge in [-0.05, 0) is 24.3 Å². The maximum Gasteiger partial charge on any atom is 0.275 e. The number of hydrogen-bond donors (Lipinski definition) is 2. The number of carbonyl (C=O) groups is 1. The van der Waals surface area contributed by atoms with Crippen molar-refractivity contribution >= 4 is 39.5 Å². The van der Waals surface area contributed by atoms with Crippen molar-refractivity contribution in [1.82, 2.24) is 9.97 Å². The molecule has 1 aromatic carbocycles. The topological polar surface area (TPSA) is 80.9 Å². The van der Waals surface area contributed by atoms with Crippen LogP contribution in [0.4, 0.5) is 11.4 Å². The van der Waals surface area contributed by atoms with E-state index in [0.717, 1.165) is 5.39 Å². The van der Waals surface area contributed by atoms with Gasteiger partial charge in [0.2, 0.25) is 0 Å². The number of benzene rings is 1. The predicted molar refractivity (Wildman–Crippen MR) is 76.2 cm³/mol. The van der Waals surface area contributed by atoms with E-state index in [1.807, 2.05) is 6.07 Å². The van der Waals surface area contributed by atoms with Gasteiger partial charge in [0.05, 0.1) is 22.4 Å². The summed E-state index contributed by atoms with van der Waals surface area (Å²) in [6, 6.07) is 7.17. The molecule has 0 radical (unpaired) electrons. The fraction of sp³-hybridized carbons (Fsp3) is 0. The molecule has 2 heterocycles. The van der Waals surface area contributed by atoms with Gasteiger partial charge in [0.15, 0.2) is 0 Å². The molecule has 0 saturated heterocycles. The minimum Gasteiger partial charge on any atom is -0.397 e. The Balaban J connectivity index is 2.02. The Morgan fingerprint density at radius 1 is 1.26 bits per heavy atom. The maximum absolute atomic E-state index is 12.0. The van der Waals surface area contributed by atoms with E-state index in [1.54, 1.807) is 35.3 Å². The quantitative estimate of drug-likeness (QED) is 0.701. The van der Waals surface area contributed by atoms with Crippen LogP contribution in [0.25, 0.3) is 10.9 Å². The van der Waals surface area contributed by atoms with Gasteiger partial charge in [0.25, 0.3) is 5.91 Å². The molecule has 2 aromatic heterocycles. The standard InChI is InChI=1S/C13H10N4OS/c14-9-3-4-10(8-2-1-5-15-12(8)9)17-13(18)11-6-19-7-16-11/h1-7H,14H2,(H,17,18). The summed E-state index contributed by atoms with van der Waals surface area (Å²) in [7, 11) is 0. The second kappa shape index (κ2) is 4.66. The van der Waals surface area contributed by atoms with E-state index in [9.17, 15) is 4.79 Å². The van der Waals surface area contributed by atoms with Crippen LogP contribution in [0, 0.1) is 0 Å². The molecule has 0 fully saturated rings. The van der Waals surface area contributed by atoms with Crippen LogP contribution in [0.5, 0.6) is 0 Å². The number of thiazole rings is 1. The number of fused-ring (bicyclic) bond motifs is 1. The second-order valence-corrected chi connectivity index (χ2v) is 4.65. The van der Waals surface area contributed by atoms with E-state index in [-0.39, 0.29) is 5.91 Å². The third-order valence-corrected chi connectivity index (χ3v) is 3.30. The molecule has 1 amide bonds. The highest BCUT2D eigenvalue weighted by Gasteiger charge is 2.11. The van der Waals surface area contributed by atoms with Crippen LogP contribution in [0.3, 0.4) is 0 Å². The smallest absolute Gasteiger partial charge is 0.275 e. The first-order valence-electron chi connectivity index (χ1n) is 5.58. The van der Waals surface area contributed by atoms with Crippen molar-refractivity contribution in [1.29, 1.82) is 0 Å². The van der Waals surface area contributed by atoms with Gasteiger partial charge in [-0.3, -0.25) is 9.78 Å². The average molecular weight is 270 g/mol. The number of hydrogen-bond acceptors (Lipinski definition) is 5. The number of pyridine rings is 1. The molecular weight excluding hydrogens is 260 g/mol. The van der Waals surface area contributed by atoms with Crippen LogP contribution in [0.1, 0.15) is 10.5 Å². The van der Waals surface area contributed by atoms with Gasteiger partial charge in [0, 0.05) is 17.0 Å². The summed E-state index contributed by atoms with van der Waals surface area (Å²) in [6.07, 6.45) is 1.67. The Hall–Kier alpha value is -2.47. The fourth-order valence-corrected chi connectivity index (χ4v) is 2.35. The third-order valence-electron chi connectivity index (χ3n) is 2.71. The van der Waals surface area contributed by atoms with Gasteiger partial charge in [-0.25, -0.2) is 4.98 Å². The van der Waals surface area contributed by atoms with Gasteiger partial charge in [-0.2, -0.15) is 0 Å². The van der Waals surface area contributed by atoms with Gasteiger partial charge >= 0.3 is 0 Å². The van der Waals surface area contributed by atoms with Crippen LogP contribution < -0.4 is 11.1 Å². The van der Waals surface area contributed by atoms with Crippen LogP contribution in [-0.2, 0) is 0 Å². The highest BCUT2D eigenvalue weighted by atomic mass is 32.1. The van der Waals surface area contributed by atoms with E-state index < -0.39 is 0 Å². The fourth-order valence-electron chi connectivity index (χ4n) is 1.81. The van der Waals surface area contributed by atoms with Crippen LogP contribution in [0.15, 0.2) is 41.4 Å². The van der Waals surface area contributed by atoms with E-state index in [1.165, 1.54) is 11.3 Å². The molecule has 0 aliphatic rings. The molecule has 3 rings (SSSR count). The molecule has 5 nitrogen and oxygen atoms in total. The Kier molecular flexibility index (Phi) is 2.85. The molecule has 94 valence electrons. The number of rotatable bonds is 2. The van der Waals surface area contributed by atoms with E-state index in [2.05, 4.69) is 15.3 Å². The van der Waals surface area contributed by atoms with Crippen molar-refractivity contribution in [3.05, 3.63) is 47.0 Å². The zero-order valence-corrected chi connectivity index (χ0v) is 10.6. The van der Waals surface area contributed by atoms with Gasteiger partial charge in [-0.15, -0.1) is 11.3 Å². The van der Waals surface area contributed by atoms with Crippen molar-refractivity contribution in [2.45, 2.75) is 0 Å². The zero-order valence-electron chi connectivity index (χ0n) is 9.83. The Morgan fingerprint density at radius 2 is 2.16 bits per heavy atom. The summed E-state index contributed by atoms with van der Waals surface area (Å²) in [5.41, 5.74) is 9.83. The average Bonchev–Trinajstić information content (AvgIpc) is 2.96. The number of nitrogens with one attached hydrogen (secondary N) is 1. The summed E-state index contributed by atoms with van der Waals surface area (Å²) in [4.78, 5) is 20.2. The monoisotopic (exact) mass is 270 g/mol. The van der Waals surface area contributed by atoms with Crippen LogP contribution in [-0.4, -0.2) is 15.9 Å². The van der Waals surface area contributed by atoms with Gasteiger partial charge in [0.1, 0.15) is 5.69 Å². The highest BCUT2D eigenvalue weighted by Crippen LogP contribution is 2.26. The molecule has 0 saturated carbocycles. The first kappa shape index (κ1) is 11.6. The molecule has 6 heteroatoms. The minimum absolute atomic E-state index is 0.240. The lowest BCUT2D eigenvalue weighted by Gasteiger charge is -2.08. The van der Waals surface area contributed by atoms with Crippen molar-refractivity contribution < 1.29 is 4.79 Å². The predicted octanol–water partition coefficient (Wildman–Crippen LogP) is 2.53. The molecule has 19 heavy (non-hydrogen) atoms. The van der Waals surface area contributed by atoms with Crippen molar-refractivity contribution in [3.63, 3.8) is 0 Å². The first-order valence-corrected chi connectivity index (χ1v) is 6.53. The van der Waals surface area contributed by atoms with E-state index in [4.69, 9.17) is 5.73 Å². The lowest BCUT2D eigenvalue weighted by atomic mass is 10.1. The molecule has 0 bridgehead atoms. The highest BCUT2D eigenvalue weighted by molar-refractivity contribution is 7.07. The second-order valence-electron chi connectivity index (χ2n) is 3.93. The summed E-state index contributed by atoms with van der Waals surface area (Å²) in [6.45, 7) is 0. The van der Waals surface area contributed by atoms with Crippen molar-refractivity contribution in [2.24, 2.45) is 0 Å². The summed E-state index contributed by atoms with van der Waals surface area (Å²) in [5.74, 6) is -0.240. The lowest BCUT2D eigenvalue weighted by molar-refractivity contribution is 0.102. The minimum atomic E-state index is -0.240. The normalized spacial score (nSPS) is 10.5. The third kappa shape index (κ3) is 2.13. The van der Waals surface area contributed by atoms with E-state index >= 15 is 0 Å². The number of amides is 1. The molecule has 0 aliphatic carbocycles. The van der Waals surface area contributed by atoms with Gasteiger partial charge in [-0.1, -0.05) is 0 Å². The van der Waals surface area contributed by atoms with Crippen LogP contribution in [0.2, 0.25) is 0 Å². The number of nitrogen functional groups attached to an aromatic ring is 1. The molecule has 3 aromatic rings. The van der Waals surface area contributed by atoms with Crippen molar-refractivity contribution in [3.8, 4) is 0 Å². The Labute approximate surface area is 113 Å². The number of nitrogens with zero attached hydrogens (tertiary/aromatic N) is 2. The largest absolute Gasteiger partial charge is 0.397 e. The van der Waals surface area contributed by atoms with Crippen LogP contribution >= 0.6 is 11.3 Å². The number of nitrogens with two attached hydrogens (primary N) is 1. The number of aromatic nitrogens is 2.